The van der Waals surface area contributed by atoms with E-state index in [2.05, 4.69) is 10.4 Å². The van der Waals surface area contributed by atoms with Crippen molar-refractivity contribution in [2.45, 2.75) is 6.16 Å². The van der Waals surface area contributed by atoms with Gasteiger partial charge in [-0.1, -0.05) is 12.1 Å². The summed E-state index contributed by atoms with van der Waals surface area (Å²) in [6.45, 7) is 0. The summed E-state index contributed by atoms with van der Waals surface area (Å²) < 4.78 is 25.8. The highest BCUT2D eigenvalue weighted by atomic mass is 31.2. The molecule has 1 amide bonds. The highest BCUT2D eigenvalue weighted by Crippen LogP contribution is 2.39. The van der Waals surface area contributed by atoms with Crippen LogP contribution in [0.15, 0.2) is 60.8 Å². The summed E-state index contributed by atoms with van der Waals surface area (Å²) in [6.07, 6.45) is 4.23. The van der Waals surface area contributed by atoms with Crippen molar-refractivity contribution in [2.24, 2.45) is 7.05 Å². The number of nitrogens with zero attached hydrogens (tertiary/aromatic N) is 2. The molecule has 150 valence electrons. The molecule has 29 heavy (non-hydrogen) atoms. The maximum absolute atomic E-state index is 13.2. The molecule has 0 saturated carbocycles. The Morgan fingerprint density at radius 2 is 1.83 bits per heavy atom. The largest absolute Gasteiger partial charge is 0.329 e. The molecule has 2 aromatic carbocycles. The molecule has 3 N–H and O–H groups in total. The summed E-state index contributed by atoms with van der Waals surface area (Å²) in [4.78, 5) is 30.2. The number of halogens is 1. The van der Waals surface area contributed by atoms with Crippen molar-refractivity contribution in [3.8, 4) is 11.3 Å². The van der Waals surface area contributed by atoms with Gasteiger partial charge in [0, 0.05) is 29.9 Å². The standard InChI is InChI=1S/C20H19FN3O4P/c1-24-20(15-4-7-17(21)8-5-15)16(12-22-24)6-11-19(25)23-18-9-2-14(3-10-18)13-29(26,27)28/h2-12H,13H2,1H3,(H,23,25)(H2,26,27,28)/b11-6-. The van der Waals surface area contributed by atoms with Crippen LogP contribution >= 0.6 is 7.60 Å². The maximum atomic E-state index is 13.2. The number of hydrogen-bond acceptors (Lipinski definition) is 3. The highest BCUT2D eigenvalue weighted by Gasteiger charge is 2.13. The Kier molecular flexibility index (Phi) is 6.08. The number of hydrogen-bond donors (Lipinski definition) is 3. The summed E-state index contributed by atoms with van der Waals surface area (Å²) in [7, 11) is -2.37. The molecule has 3 aromatic rings. The number of anilines is 1. The molecule has 7 nitrogen and oxygen atoms in total. The third-order valence-corrected chi connectivity index (χ3v) is 4.89. The van der Waals surface area contributed by atoms with Crippen LogP contribution in [-0.4, -0.2) is 25.5 Å². The van der Waals surface area contributed by atoms with Gasteiger partial charge in [-0.3, -0.25) is 14.0 Å². The Morgan fingerprint density at radius 1 is 1.17 bits per heavy atom. The van der Waals surface area contributed by atoms with Crippen molar-refractivity contribution < 1.29 is 23.5 Å². The number of rotatable bonds is 6. The minimum absolute atomic E-state index is 0.334. The van der Waals surface area contributed by atoms with Crippen LogP contribution in [0.25, 0.3) is 17.3 Å². The van der Waals surface area contributed by atoms with Gasteiger partial charge in [-0.25, -0.2) is 4.39 Å². The molecule has 3 rings (SSSR count). The molecule has 0 bridgehead atoms. The van der Waals surface area contributed by atoms with Crippen LogP contribution in [0.2, 0.25) is 0 Å². The lowest BCUT2D eigenvalue weighted by molar-refractivity contribution is -0.111. The normalized spacial score (nSPS) is 11.7. The van der Waals surface area contributed by atoms with Gasteiger partial charge < -0.3 is 15.1 Å². The average molecular weight is 415 g/mol. The minimum atomic E-state index is -4.13. The zero-order valence-electron chi connectivity index (χ0n) is 15.5. The van der Waals surface area contributed by atoms with Crippen LogP contribution in [0.4, 0.5) is 10.1 Å². The van der Waals surface area contributed by atoms with Gasteiger partial charge in [-0.05, 0) is 48.0 Å². The molecule has 0 atom stereocenters. The molecule has 0 aliphatic heterocycles. The third-order valence-electron chi connectivity index (χ3n) is 4.11. The zero-order valence-corrected chi connectivity index (χ0v) is 16.4. The summed E-state index contributed by atoms with van der Waals surface area (Å²) in [5, 5.41) is 6.87. The predicted octanol–water partition coefficient (Wildman–Crippen LogP) is 3.56. The lowest BCUT2D eigenvalue weighted by atomic mass is 10.1. The van der Waals surface area contributed by atoms with Crippen LogP contribution in [0.1, 0.15) is 11.1 Å². The molecule has 0 radical (unpaired) electrons. The molecule has 0 fully saturated rings. The maximum Gasteiger partial charge on any atom is 0.329 e. The van der Waals surface area contributed by atoms with Gasteiger partial charge in [0.25, 0.3) is 0 Å². The molecule has 0 unspecified atom stereocenters. The molecule has 0 aliphatic rings. The second kappa shape index (κ2) is 8.53. The van der Waals surface area contributed by atoms with Crippen LogP contribution in [0.3, 0.4) is 0 Å². The van der Waals surface area contributed by atoms with Crippen molar-refractivity contribution in [2.75, 3.05) is 5.32 Å². The van der Waals surface area contributed by atoms with Gasteiger partial charge in [0.15, 0.2) is 0 Å². The topological polar surface area (TPSA) is 104 Å². The smallest absolute Gasteiger partial charge is 0.324 e. The quantitative estimate of drug-likeness (QED) is 0.422. The van der Waals surface area contributed by atoms with Crippen molar-refractivity contribution in [1.29, 1.82) is 0 Å². The van der Waals surface area contributed by atoms with Gasteiger partial charge in [0.05, 0.1) is 18.1 Å². The number of carbonyl (C=O) groups excluding carboxylic acids is 1. The Hall–Kier alpha value is -3.06. The van der Waals surface area contributed by atoms with Gasteiger partial charge >= 0.3 is 7.60 Å². The van der Waals surface area contributed by atoms with E-state index >= 15 is 0 Å². The Balaban J connectivity index is 1.70. The molecular formula is C20H19FN3O4P. The molecule has 0 saturated heterocycles. The monoisotopic (exact) mass is 415 g/mol. The van der Waals surface area contributed by atoms with Gasteiger partial charge in [0.1, 0.15) is 5.82 Å². The predicted molar refractivity (Wildman–Crippen MR) is 108 cm³/mol. The van der Waals surface area contributed by atoms with Gasteiger partial charge in [0.2, 0.25) is 5.91 Å². The van der Waals surface area contributed by atoms with Crippen molar-refractivity contribution in [1.82, 2.24) is 9.78 Å². The SMILES string of the molecule is Cn1ncc(/C=C\C(=O)Nc2ccc(CP(=O)(O)O)cc2)c1-c1ccc(F)cc1. The number of aryl methyl sites for hydroxylation is 1. The second-order valence-corrected chi connectivity index (χ2v) is 8.07. The summed E-state index contributed by atoms with van der Waals surface area (Å²) >= 11 is 0. The lowest BCUT2D eigenvalue weighted by Crippen LogP contribution is -2.07. The lowest BCUT2D eigenvalue weighted by Gasteiger charge is -2.06. The van der Waals surface area contributed by atoms with Crippen LogP contribution < -0.4 is 5.32 Å². The Bertz CT molecular complexity index is 1090. The second-order valence-electron chi connectivity index (χ2n) is 6.42. The molecule has 0 aliphatic carbocycles. The fourth-order valence-corrected chi connectivity index (χ4v) is 3.50. The van der Waals surface area contributed by atoms with E-state index in [1.165, 1.54) is 18.2 Å². The van der Waals surface area contributed by atoms with Crippen LogP contribution in [-0.2, 0) is 22.6 Å². The molecular weight excluding hydrogens is 396 g/mol. The average Bonchev–Trinajstić information content (AvgIpc) is 3.02. The van der Waals surface area contributed by atoms with Crippen molar-refractivity contribution >= 4 is 25.3 Å². The van der Waals surface area contributed by atoms with Crippen LogP contribution in [0.5, 0.6) is 0 Å². The third kappa shape index (κ3) is 5.71. The number of benzene rings is 2. The number of nitrogens with one attached hydrogen (secondary N) is 1. The molecule has 0 spiro atoms. The highest BCUT2D eigenvalue weighted by molar-refractivity contribution is 7.50. The van der Waals surface area contributed by atoms with E-state index in [1.54, 1.807) is 60.4 Å². The van der Waals surface area contributed by atoms with Crippen molar-refractivity contribution in [3.63, 3.8) is 0 Å². The van der Waals surface area contributed by atoms with Crippen LogP contribution in [0, 0.1) is 5.82 Å². The summed E-state index contributed by atoms with van der Waals surface area (Å²) in [5.74, 6) is -0.708. The van der Waals surface area contributed by atoms with E-state index in [9.17, 15) is 13.8 Å². The van der Waals surface area contributed by atoms with E-state index in [0.29, 0.717) is 16.8 Å². The van der Waals surface area contributed by atoms with Gasteiger partial charge in [-0.15, -0.1) is 0 Å². The molecule has 1 heterocycles. The molecule has 9 heteroatoms. The van der Waals surface area contributed by atoms with E-state index in [4.69, 9.17) is 9.79 Å². The minimum Gasteiger partial charge on any atom is -0.324 e. The first-order valence-corrected chi connectivity index (χ1v) is 10.4. The van der Waals surface area contributed by atoms with E-state index in [1.807, 2.05) is 0 Å². The van der Waals surface area contributed by atoms with E-state index in [-0.39, 0.29) is 17.9 Å². The van der Waals surface area contributed by atoms with E-state index < -0.39 is 7.60 Å². The number of aromatic nitrogens is 2. The first kappa shape index (κ1) is 20.7. The fourth-order valence-electron chi connectivity index (χ4n) is 2.82. The Morgan fingerprint density at radius 3 is 2.45 bits per heavy atom. The number of carbonyl (C=O) groups is 1. The summed E-state index contributed by atoms with van der Waals surface area (Å²) in [6, 6.07) is 12.2. The van der Waals surface area contributed by atoms with Gasteiger partial charge in [-0.2, -0.15) is 5.10 Å². The zero-order chi connectivity index (χ0) is 21.0. The van der Waals surface area contributed by atoms with E-state index in [0.717, 1.165) is 11.3 Å². The Labute approximate surface area is 166 Å². The molecule has 1 aromatic heterocycles. The first-order valence-electron chi connectivity index (χ1n) is 8.62. The fraction of sp³-hybridized carbons (Fsp3) is 0.100. The number of amides is 1. The van der Waals surface area contributed by atoms with Crippen molar-refractivity contribution in [3.05, 3.63) is 77.7 Å². The first-order chi connectivity index (χ1) is 13.7. The summed E-state index contributed by atoms with van der Waals surface area (Å²) in [5.41, 5.74) is 3.19.